The van der Waals surface area contributed by atoms with Gasteiger partial charge in [0.2, 0.25) is 11.7 Å². The highest BCUT2D eigenvalue weighted by Crippen LogP contribution is 2.40. The van der Waals surface area contributed by atoms with Gasteiger partial charge in [0.15, 0.2) is 11.5 Å². The topological polar surface area (TPSA) is 66.0 Å². The number of anilines is 1. The van der Waals surface area contributed by atoms with Gasteiger partial charge in [-0.05, 0) is 30.3 Å². The second-order valence-corrected chi connectivity index (χ2v) is 4.95. The number of benzene rings is 2. The summed E-state index contributed by atoms with van der Waals surface area (Å²) in [6.07, 6.45) is 3.06. The lowest BCUT2D eigenvalue weighted by Gasteiger charge is -2.14. The fraction of sp³-hybridized carbons (Fsp3) is 0.211. The van der Waals surface area contributed by atoms with Gasteiger partial charge in [-0.15, -0.1) is 0 Å². The monoisotopic (exact) mass is 343 g/mol. The first-order chi connectivity index (χ1) is 12.1. The molecule has 0 atom stereocenters. The van der Waals surface area contributed by atoms with Crippen LogP contribution < -0.4 is 24.3 Å². The zero-order valence-electron chi connectivity index (χ0n) is 14.7. The summed E-state index contributed by atoms with van der Waals surface area (Å²) in [4.78, 5) is 12.2. The van der Waals surface area contributed by atoms with E-state index in [0.717, 1.165) is 0 Å². The summed E-state index contributed by atoms with van der Waals surface area (Å²) in [6, 6.07) is 10.7. The molecule has 6 heteroatoms. The van der Waals surface area contributed by atoms with Gasteiger partial charge in [-0.3, -0.25) is 4.79 Å². The molecule has 6 nitrogen and oxygen atoms in total. The number of hydrogen-bond acceptors (Lipinski definition) is 5. The number of nitrogens with one attached hydrogen (secondary N) is 1. The Morgan fingerprint density at radius 1 is 0.840 bits per heavy atom. The summed E-state index contributed by atoms with van der Waals surface area (Å²) in [6.45, 7) is 0. The maximum Gasteiger partial charge on any atom is 0.248 e. The lowest BCUT2D eigenvalue weighted by molar-refractivity contribution is -0.111. The van der Waals surface area contributed by atoms with Crippen molar-refractivity contribution in [1.82, 2.24) is 0 Å². The van der Waals surface area contributed by atoms with Crippen LogP contribution in [0, 0.1) is 0 Å². The first-order valence-electron chi connectivity index (χ1n) is 7.55. The van der Waals surface area contributed by atoms with E-state index in [2.05, 4.69) is 5.32 Å². The molecule has 0 aliphatic heterocycles. The molecular weight excluding hydrogens is 322 g/mol. The molecule has 2 rings (SSSR count). The average molecular weight is 343 g/mol. The number of rotatable bonds is 7. The summed E-state index contributed by atoms with van der Waals surface area (Å²) in [5.41, 5.74) is 1.29. The Morgan fingerprint density at radius 2 is 1.52 bits per heavy atom. The average Bonchev–Trinajstić information content (AvgIpc) is 2.65. The minimum atomic E-state index is -0.290. The molecule has 1 N–H and O–H groups in total. The fourth-order valence-electron chi connectivity index (χ4n) is 2.34. The molecule has 0 aliphatic carbocycles. The highest BCUT2D eigenvalue weighted by molar-refractivity contribution is 6.03. The van der Waals surface area contributed by atoms with Gasteiger partial charge in [0, 0.05) is 11.6 Å². The Hall–Kier alpha value is -3.15. The molecule has 1 amide bonds. The van der Waals surface area contributed by atoms with Crippen molar-refractivity contribution in [3.05, 3.63) is 48.0 Å². The molecule has 2 aromatic rings. The molecule has 0 unspecified atom stereocenters. The molecular formula is C19H21NO5. The van der Waals surface area contributed by atoms with Crippen LogP contribution in [-0.2, 0) is 4.79 Å². The first-order valence-corrected chi connectivity index (χ1v) is 7.55. The Labute approximate surface area is 147 Å². The standard InChI is InChI=1S/C19H21NO5/c1-22-15-8-6-5-7-14(15)20-17(21)12-10-13-9-11-16(23-2)19(25-4)18(13)24-3/h5-12H,1-4H3,(H,20,21)/b12-10+. The third-order valence-corrected chi connectivity index (χ3v) is 3.51. The van der Waals surface area contributed by atoms with E-state index >= 15 is 0 Å². The minimum Gasteiger partial charge on any atom is -0.495 e. The Bertz CT molecular complexity index is 770. The minimum absolute atomic E-state index is 0.290. The van der Waals surface area contributed by atoms with E-state index in [-0.39, 0.29) is 5.91 Å². The summed E-state index contributed by atoms with van der Waals surface area (Å²) in [5, 5.41) is 2.77. The van der Waals surface area contributed by atoms with Crippen LogP contribution >= 0.6 is 0 Å². The van der Waals surface area contributed by atoms with Gasteiger partial charge in [-0.1, -0.05) is 12.1 Å². The normalized spacial score (nSPS) is 10.4. The summed E-state index contributed by atoms with van der Waals surface area (Å²) in [7, 11) is 6.16. The molecule has 0 spiro atoms. The van der Waals surface area contributed by atoms with E-state index in [0.29, 0.717) is 34.2 Å². The molecule has 2 aromatic carbocycles. The Balaban J connectivity index is 2.22. The zero-order valence-corrected chi connectivity index (χ0v) is 14.7. The number of hydrogen-bond donors (Lipinski definition) is 1. The van der Waals surface area contributed by atoms with Crippen molar-refractivity contribution in [1.29, 1.82) is 0 Å². The summed E-state index contributed by atoms with van der Waals surface area (Å²) < 4.78 is 21.2. The zero-order chi connectivity index (χ0) is 18.2. The van der Waals surface area contributed by atoms with E-state index in [9.17, 15) is 4.79 Å². The van der Waals surface area contributed by atoms with Gasteiger partial charge in [0.05, 0.1) is 34.1 Å². The maximum absolute atomic E-state index is 12.2. The van der Waals surface area contributed by atoms with Gasteiger partial charge in [-0.25, -0.2) is 0 Å². The fourth-order valence-corrected chi connectivity index (χ4v) is 2.34. The molecule has 0 aromatic heterocycles. The smallest absolute Gasteiger partial charge is 0.248 e. The number of para-hydroxylation sites is 2. The van der Waals surface area contributed by atoms with E-state index in [1.807, 2.05) is 12.1 Å². The number of carbonyl (C=O) groups is 1. The largest absolute Gasteiger partial charge is 0.495 e. The van der Waals surface area contributed by atoms with E-state index < -0.39 is 0 Å². The second-order valence-electron chi connectivity index (χ2n) is 4.95. The van der Waals surface area contributed by atoms with Crippen molar-refractivity contribution < 1.29 is 23.7 Å². The number of ether oxygens (including phenoxy) is 4. The van der Waals surface area contributed by atoms with Crippen LogP contribution in [0.5, 0.6) is 23.0 Å². The van der Waals surface area contributed by atoms with E-state index in [1.54, 1.807) is 44.6 Å². The maximum atomic E-state index is 12.2. The van der Waals surface area contributed by atoms with Crippen molar-refractivity contribution in [3.63, 3.8) is 0 Å². The van der Waals surface area contributed by atoms with Crippen LogP contribution in [0.3, 0.4) is 0 Å². The molecule has 0 radical (unpaired) electrons. The van der Waals surface area contributed by atoms with Crippen LogP contribution in [-0.4, -0.2) is 34.3 Å². The molecule has 0 saturated carbocycles. The first kappa shape index (κ1) is 18.2. The Morgan fingerprint density at radius 3 is 2.16 bits per heavy atom. The lowest BCUT2D eigenvalue weighted by atomic mass is 10.1. The van der Waals surface area contributed by atoms with E-state index in [1.165, 1.54) is 20.3 Å². The van der Waals surface area contributed by atoms with Crippen molar-refractivity contribution in [2.24, 2.45) is 0 Å². The van der Waals surface area contributed by atoms with Gasteiger partial charge in [-0.2, -0.15) is 0 Å². The molecule has 0 heterocycles. The van der Waals surface area contributed by atoms with Crippen molar-refractivity contribution in [2.45, 2.75) is 0 Å². The molecule has 0 saturated heterocycles. The summed E-state index contributed by atoms with van der Waals surface area (Å²) >= 11 is 0. The third-order valence-electron chi connectivity index (χ3n) is 3.51. The molecule has 25 heavy (non-hydrogen) atoms. The van der Waals surface area contributed by atoms with Crippen molar-refractivity contribution >= 4 is 17.7 Å². The van der Waals surface area contributed by atoms with Crippen LogP contribution in [0.4, 0.5) is 5.69 Å². The van der Waals surface area contributed by atoms with Gasteiger partial charge < -0.3 is 24.3 Å². The predicted molar refractivity (Wildman–Crippen MR) is 96.8 cm³/mol. The summed E-state index contributed by atoms with van der Waals surface area (Å²) in [5.74, 6) is 1.81. The predicted octanol–water partition coefficient (Wildman–Crippen LogP) is 3.37. The van der Waals surface area contributed by atoms with Crippen molar-refractivity contribution in [2.75, 3.05) is 33.8 Å². The Kier molecular flexibility index (Phi) is 6.28. The van der Waals surface area contributed by atoms with Gasteiger partial charge in [0.25, 0.3) is 0 Å². The molecule has 0 aliphatic rings. The quantitative estimate of drug-likeness (QED) is 0.781. The number of amides is 1. The van der Waals surface area contributed by atoms with Gasteiger partial charge >= 0.3 is 0 Å². The SMILES string of the molecule is COc1ccccc1NC(=O)/C=C/c1ccc(OC)c(OC)c1OC. The van der Waals surface area contributed by atoms with Gasteiger partial charge in [0.1, 0.15) is 5.75 Å². The highest BCUT2D eigenvalue weighted by Gasteiger charge is 2.14. The van der Waals surface area contributed by atoms with Crippen molar-refractivity contribution in [3.8, 4) is 23.0 Å². The third kappa shape index (κ3) is 4.23. The molecule has 132 valence electrons. The lowest BCUT2D eigenvalue weighted by Crippen LogP contribution is -2.08. The highest BCUT2D eigenvalue weighted by atomic mass is 16.5. The molecule has 0 fully saturated rings. The van der Waals surface area contributed by atoms with Crippen LogP contribution in [0.2, 0.25) is 0 Å². The van der Waals surface area contributed by atoms with Crippen LogP contribution in [0.25, 0.3) is 6.08 Å². The second kappa shape index (κ2) is 8.63. The number of methoxy groups -OCH3 is 4. The van der Waals surface area contributed by atoms with E-state index in [4.69, 9.17) is 18.9 Å². The molecule has 0 bridgehead atoms. The van der Waals surface area contributed by atoms with Crippen LogP contribution in [0.1, 0.15) is 5.56 Å². The van der Waals surface area contributed by atoms with Crippen LogP contribution in [0.15, 0.2) is 42.5 Å². The number of carbonyl (C=O) groups excluding carboxylic acids is 1.